The van der Waals surface area contributed by atoms with Crippen molar-refractivity contribution in [3.8, 4) is 5.75 Å². The van der Waals surface area contributed by atoms with Crippen LogP contribution in [0.2, 0.25) is 0 Å². The first kappa shape index (κ1) is 16.2. The lowest BCUT2D eigenvalue weighted by Gasteiger charge is -2.17. The van der Waals surface area contributed by atoms with E-state index in [4.69, 9.17) is 4.74 Å². The molecule has 23 heavy (non-hydrogen) atoms. The Morgan fingerprint density at radius 3 is 2.70 bits per heavy atom. The Bertz CT molecular complexity index is 635. The van der Waals surface area contributed by atoms with Crippen LogP contribution in [0.15, 0.2) is 22.7 Å². The van der Waals surface area contributed by atoms with Gasteiger partial charge in [0.2, 0.25) is 0 Å². The largest absolute Gasteiger partial charge is 0.483 e. The SMILES string of the molecule is O=C(O)[C@H]1CN(C(=O)COc2ccc(F)cc2Br)C[C@@H]1C1CC1. The number of halogens is 2. The van der Waals surface area contributed by atoms with Crippen LogP contribution in [0, 0.1) is 23.6 Å². The number of hydrogen-bond acceptors (Lipinski definition) is 3. The third-order valence-electron chi connectivity index (χ3n) is 4.51. The first-order valence-corrected chi connectivity index (χ1v) is 8.33. The fourth-order valence-electron chi connectivity index (χ4n) is 3.12. The molecule has 1 aliphatic heterocycles. The Morgan fingerprint density at radius 2 is 2.09 bits per heavy atom. The summed E-state index contributed by atoms with van der Waals surface area (Å²) < 4.78 is 18.9. The van der Waals surface area contributed by atoms with Crippen LogP contribution in [-0.2, 0) is 9.59 Å². The van der Waals surface area contributed by atoms with Crippen LogP contribution >= 0.6 is 15.9 Å². The predicted octanol–water partition coefficient (Wildman–Crippen LogP) is 2.54. The van der Waals surface area contributed by atoms with E-state index in [9.17, 15) is 19.1 Å². The van der Waals surface area contributed by atoms with Crippen LogP contribution in [0.3, 0.4) is 0 Å². The number of aliphatic carboxylic acids is 1. The molecule has 1 saturated heterocycles. The van der Waals surface area contributed by atoms with Gasteiger partial charge in [0.05, 0.1) is 10.4 Å². The summed E-state index contributed by atoms with van der Waals surface area (Å²) in [5.41, 5.74) is 0. The zero-order chi connectivity index (χ0) is 16.6. The Morgan fingerprint density at radius 1 is 1.35 bits per heavy atom. The van der Waals surface area contributed by atoms with E-state index in [2.05, 4.69) is 15.9 Å². The molecule has 0 bridgehead atoms. The molecule has 1 heterocycles. The van der Waals surface area contributed by atoms with Crippen LogP contribution in [0.5, 0.6) is 5.75 Å². The molecule has 5 nitrogen and oxygen atoms in total. The van der Waals surface area contributed by atoms with Crippen molar-refractivity contribution in [3.63, 3.8) is 0 Å². The average molecular weight is 386 g/mol. The zero-order valence-electron chi connectivity index (χ0n) is 12.4. The smallest absolute Gasteiger partial charge is 0.308 e. The van der Waals surface area contributed by atoms with Gasteiger partial charge in [0.1, 0.15) is 11.6 Å². The number of benzene rings is 1. The summed E-state index contributed by atoms with van der Waals surface area (Å²) in [4.78, 5) is 25.2. The van der Waals surface area contributed by atoms with Crippen molar-refractivity contribution in [2.75, 3.05) is 19.7 Å². The quantitative estimate of drug-likeness (QED) is 0.845. The number of nitrogens with zero attached hydrogens (tertiary/aromatic N) is 1. The van der Waals surface area contributed by atoms with E-state index >= 15 is 0 Å². The van der Waals surface area contributed by atoms with Crippen molar-refractivity contribution in [3.05, 3.63) is 28.5 Å². The highest BCUT2D eigenvalue weighted by Gasteiger charge is 2.46. The number of hydrogen-bond donors (Lipinski definition) is 1. The van der Waals surface area contributed by atoms with E-state index in [1.165, 1.54) is 18.2 Å². The van der Waals surface area contributed by atoms with Gasteiger partial charge in [0.25, 0.3) is 5.91 Å². The van der Waals surface area contributed by atoms with Crippen LogP contribution in [0.4, 0.5) is 4.39 Å². The molecular weight excluding hydrogens is 369 g/mol. The zero-order valence-corrected chi connectivity index (χ0v) is 14.0. The fraction of sp³-hybridized carbons (Fsp3) is 0.500. The lowest BCUT2D eigenvalue weighted by Crippen LogP contribution is -2.34. The highest BCUT2D eigenvalue weighted by Crippen LogP contribution is 2.44. The van der Waals surface area contributed by atoms with Crippen molar-refractivity contribution >= 4 is 27.8 Å². The molecule has 2 aliphatic rings. The maximum atomic E-state index is 13.0. The van der Waals surface area contributed by atoms with Gasteiger partial charge in [-0.1, -0.05) is 0 Å². The maximum absolute atomic E-state index is 13.0. The number of carbonyl (C=O) groups excluding carboxylic acids is 1. The standard InChI is InChI=1S/C16H17BrFNO4/c17-13-5-10(18)3-4-14(13)23-8-15(20)19-6-11(9-1-2-9)12(7-19)16(21)22/h3-5,9,11-12H,1-2,6-8H2,(H,21,22)/t11-,12+/m1/s1. The van der Waals surface area contributed by atoms with E-state index in [0.29, 0.717) is 22.7 Å². The first-order chi connectivity index (χ1) is 11.0. The molecule has 0 spiro atoms. The predicted molar refractivity (Wildman–Crippen MR) is 83.5 cm³/mol. The summed E-state index contributed by atoms with van der Waals surface area (Å²) in [5, 5.41) is 9.32. The Hall–Kier alpha value is -1.63. The molecule has 3 rings (SSSR count). The van der Waals surface area contributed by atoms with Gasteiger partial charge in [0, 0.05) is 13.1 Å². The number of carboxylic acids is 1. The highest BCUT2D eigenvalue weighted by atomic mass is 79.9. The number of carbonyl (C=O) groups is 2. The molecule has 2 fully saturated rings. The summed E-state index contributed by atoms with van der Waals surface area (Å²) in [6.45, 7) is 0.533. The minimum Gasteiger partial charge on any atom is -0.483 e. The summed E-state index contributed by atoms with van der Waals surface area (Å²) >= 11 is 3.18. The molecular formula is C16H17BrFNO4. The van der Waals surface area contributed by atoms with Gasteiger partial charge in [-0.3, -0.25) is 9.59 Å². The molecule has 7 heteroatoms. The average Bonchev–Trinajstić information content (AvgIpc) is 3.24. The van der Waals surface area contributed by atoms with Crippen molar-refractivity contribution in [2.45, 2.75) is 12.8 Å². The van der Waals surface area contributed by atoms with Crippen molar-refractivity contribution < 1.29 is 23.8 Å². The Balaban J connectivity index is 1.59. The number of rotatable bonds is 5. The summed E-state index contributed by atoms with van der Waals surface area (Å²) in [6, 6.07) is 3.97. The topological polar surface area (TPSA) is 66.8 Å². The van der Waals surface area contributed by atoms with Gasteiger partial charge >= 0.3 is 5.97 Å². The lowest BCUT2D eigenvalue weighted by molar-refractivity contribution is -0.142. The first-order valence-electron chi connectivity index (χ1n) is 7.54. The highest BCUT2D eigenvalue weighted by molar-refractivity contribution is 9.10. The molecule has 0 unspecified atom stereocenters. The second kappa shape index (κ2) is 6.47. The van der Waals surface area contributed by atoms with Crippen molar-refractivity contribution in [2.24, 2.45) is 17.8 Å². The molecule has 1 N–H and O–H groups in total. The number of carboxylic acid groups (broad SMARTS) is 1. The summed E-state index contributed by atoms with van der Waals surface area (Å²) in [6.07, 6.45) is 2.10. The minimum atomic E-state index is -0.834. The van der Waals surface area contributed by atoms with Crippen LogP contribution in [0.1, 0.15) is 12.8 Å². The molecule has 0 aromatic heterocycles. The molecule has 1 aromatic carbocycles. The van der Waals surface area contributed by atoms with Crippen molar-refractivity contribution in [1.29, 1.82) is 0 Å². The van der Waals surface area contributed by atoms with Crippen LogP contribution in [0.25, 0.3) is 0 Å². The normalized spacial score (nSPS) is 23.8. The summed E-state index contributed by atoms with van der Waals surface area (Å²) in [7, 11) is 0. The third-order valence-corrected chi connectivity index (χ3v) is 5.13. The van der Waals surface area contributed by atoms with Gasteiger partial charge in [-0.25, -0.2) is 4.39 Å². The second-order valence-electron chi connectivity index (χ2n) is 6.11. The van der Waals surface area contributed by atoms with Crippen LogP contribution in [-0.4, -0.2) is 41.6 Å². The molecule has 1 aliphatic carbocycles. The minimum absolute atomic E-state index is 0.0500. The van der Waals surface area contributed by atoms with Crippen molar-refractivity contribution in [1.82, 2.24) is 4.90 Å². The molecule has 1 amide bonds. The Kier molecular flexibility index (Phi) is 4.57. The van der Waals surface area contributed by atoms with E-state index in [1.54, 1.807) is 4.90 Å². The van der Waals surface area contributed by atoms with Gasteiger partial charge in [-0.2, -0.15) is 0 Å². The monoisotopic (exact) mass is 385 g/mol. The second-order valence-corrected chi connectivity index (χ2v) is 6.96. The van der Waals surface area contributed by atoms with E-state index in [-0.39, 0.29) is 25.0 Å². The van der Waals surface area contributed by atoms with Gasteiger partial charge < -0.3 is 14.7 Å². The van der Waals surface area contributed by atoms with Gasteiger partial charge in [0.15, 0.2) is 6.61 Å². The lowest BCUT2D eigenvalue weighted by atomic mass is 9.92. The van der Waals surface area contributed by atoms with E-state index in [1.807, 2.05) is 0 Å². The molecule has 1 saturated carbocycles. The Labute approximate surface area is 141 Å². The van der Waals surface area contributed by atoms with E-state index < -0.39 is 17.7 Å². The maximum Gasteiger partial charge on any atom is 0.308 e. The van der Waals surface area contributed by atoms with Gasteiger partial charge in [-0.05, 0) is 58.8 Å². The number of likely N-dealkylation sites (tertiary alicyclic amines) is 1. The van der Waals surface area contributed by atoms with Gasteiger partial charge in [-0.15, -0.1) is 0 Å². The van der Waals surface area contributed by atoms with E-state index in [0.717, 1.165) is 12.8 Å². The molecule has 2 atom stereocenters. The number of amides is 1. The molecule has 124 valence electrons. The third kappa shape index (κ3) is 3.65. The molecule has 1 aromatic rings. The molecule has 0 radical (unpaired) electrons. The summed E-state index contributed by atoms with van der Waals surface area (Å²) in [5.74, 6) is -1.09. The number of ether oxygens (including phenoxy) is 1. The van der Waals surface area contributed by atoms with Crippen LogP contribution < -0.4 is 4.74 Å². The fourth-order valence-corrected chi connectivity index (χ4v) is 3.58.